The van der Waals surface area contributed by atoms with E-state index in [0.29, 0.717) is 23.7 Å². The molecule has 1 saturated heterocycles. The largest absolute Gasteiger partial charge is 0.368 e. The number of Topliss-reactive ketones (excluding diaryl/α,β-unsaturated/α-hetero) is 1. The number of carbonyl (C=O) groups is 2. The Morgan fingerprint density at radius 2 is 1.82 bits per heavy atom. The van der Waals surface area contributed by atoms with E-state index in [0.717, 1.165) is 44.7 Å². The Labute approximate surface area is 167 Å². The molecular weight excluding hydrogens is 352 g/mol. The van der Waals surface area contributed by atoms with Crippen molar-refractivity contribution in [1.29, 1.82) is 5.26 Å². The van der Waals surface area contributed by atoms with Crippen molar-refractivity contribution in [3.8, 4) is 6.07 Å². The van der Waals surface area contributed by atoms with Crippen LogP contribution in [-0.4, -0.2) is 67.3 Å². The van der Waals surface area contributed by atoms with Crippen molar-refractivity contribution in [3.05, 3.63) is 29.3 Å². The zero-order chi connectivity index (χ0) is 20.1. The van der Waals surface area contributed by atoms with Crippen LogP contribution in [0.4, 0.5) is 5.69 Å². The van der Waals surface area contributed by atoms with Crippen LogP contribution in [0.3, 0.4) is 0 Å². The van der Waals surface area contributed by atoms with E-state index < -0.39 is 0 Å². The minimum absolute atomic E-state index is 0.000669. The predicted octanol–water partition coefficient (Wildman–Crippen LogP) is 2.67. The van der Waals surface area contributed by atoms with Crippen LogP contribution in [-0.2, 0) is 4.79 Å². The molecule has 1 aliphatic carbocycles. The van der Waals surface area contributed by atoms with E-state index in [9.17, 15) is 14.9 Å². The Hall–Kier alpha value is -2.39. The topological polar surface area (TPSA) is 67.6 Å². The molecular formula is C22H30N4O2. The molecule has 1 amide bonds. The van der Waals surface area contributed by atoms with Crippen molar-refractivity contribution >= 4 is 17.4 Å². The highest BCUT2D eigenvalue weighted by Gasteiger charge is 2.26. The second-order valence-electron chi connectivity index (χ2n) is 7.96. The lowest BCUT2D eigenvalue weighted by molar-refractivity contribution is -0.133. The van der Waals surface area contributed by atoms with Gasteiger partial charge in [-0.15, -0.1) is 0 Å². The molecule has 1 saturated carbocycles. The lowest BCUT2D eigenvalue weighted by Crippen LogP contribution is -2.51. The van der Waals surface area contributed by atoms with Gasteiger partial charge in [0.05, 0.1) is 17.8 Å². The standard InChI is InChI=1S/C22H30N4O2/c1-17(27)18-8-9-19(15-23)21(14-18)26-12-10-25(11-13-26)16-22(28)24(2)20-6-4-3-5-7-20/h8-9,14,20H,3-7,10-13,16H2,1-2H3. The van der Waals surface area contributed by atoms with Crippen LogP contribution in [0, 0.1) is 11.3 Å². The van der Waals surface area contributed by atoms with Crippen LogP contribution < -0.4 is 4.90 Å². The minimum Gasteiger partial charge on any atom is -0.368 e. The number of ketones is 1. The fourth-order valence-electron chi connectivity index (χ4n) is 4.23. The molecule has 0 spiro atoms. The van der Waals surface area contributed by atoms with Crippen LogP contribution in [0.25, 0.3) is 0 Å². The molecule has 3 rings (SSSR count). The average molecular weight is 383 g/mol. The Morgan fingerprint density at radius 1 is 1.14 bits per heavy atom. The van der Waals surface area contributed by atoms with Crippen molar-refractivity contribution in [1.82, 2.24) is 9.80 Å². The average Bonchev–Trinajstić information content (AvgIpc) is 2.73. The number of anilines is 1. The number of rotatable bonds is 5. The second kappa shape index (κ2) is 9.20. The van der Waals surface area contributed by atoms with Gasteiger partial charge in [0.2, 0.25) is 5.91 Å². The first-order chi connectivity index (χ1) is 13.5. The molecule has 0 unspecified atom stereocenters. The molecule has 1 aromatic rings. The van der Waals surface area contributed by atoms with Crippen LogP contribution in [0.2, 0.25) is 0 Å². The molecule has 2 aliphatic rings. The first kappa shape index (κ1) is 20.3. The molecule has 28 heavy (non-hydrogen) atoms. The smallest absolute Gasteiger partial charge is 0.236 e. The molecule has 1 aromatic carbocycles. The maximum Gasteiger partial charge on any atom is 0.236 e. The first-order valence-electron chi connectivity index (χ1n) is 10.3. The number of hydrogen-bond donors (Lipinski definition) is 0. The van der Waals surface area contributed by atoms with Crippen molar-refractivity contribution in [2.24, 2.45) is 0 Å². The van der Waals surface area contributed by atoms with Gasteiger partial charge in [-0.1, -0.05) is 19.3 Å². The molecule has 0 radical (unpaired) electrons. The normalized spacial score (nSPS) is 18.5. The van der Waals surface area contributed by atoms with Gasteiger partial charge in [-0.3, -0.25) is 14.5 Å². The Balaban J connectivity index is 1.57. The monoisotopic (exact) mass is 382 g/mol. The van der Waals surface area contributed by atoms with Crippen molar-refractivity contribution in [2.45, 2.75) is 45.1 Å². The van der Waals surface area contributed by atoms with Gasteiger partial charge >= 0.3 is 0 Å². The second-order valence-corrected chi connectivity index (χ2v) is 7.96. The van der Waals surface area contributed by atoms with E-state index in [4.69, 9.17) is 0 Å². The number of likely N-dealkylation sites (N-methyl/N-ethyl adjacent to an activating group) is 1. The third kappa shape index (κ3) is 4.71. The zero-order valence-corrected chi connectivity index (χ0v) is 17.0. The highest BCUT2D eigenvalue weighted by atomic mass is 16.2. The highest BCUT2D eigenvalue weighted by molar-refractivity contribution is 5.95. The zero-order valence-electron chi connectivity index (χ0n) is 17.0. The minimum atomic E-state index is 0.000669. The Kier molecular flexibility index (Phi) is 6.69. The van der Waals surface area contributed by atoms with Crippen LogP contribution in [0.5, 0.6) is 0 Å². The highest BCUT2D eigenvalue weighted by Crippen LogP contribution is 2.24. The summed E-state index contributed by atoms with van der Waals surface area (Å²) in [6, 6.07) is 7.87. The van der Waals surface area contributed by atoms with E-state index in [1.807, 2.05) is 18.0 Å². The van der Waals surface area contributed by atoms with Gasteiger partial charge in [-0.2, -0.15) is 5.26 Å². The number of carbonyl (C=O) groups excluding carboxylic acids is 2. The summed E-state index contributed by atoms with van der Waals surface area (Å²) in [7, 11) is 1.95. The molecule has 2 fully saturated rings. The Morgan fingerprint density at radius 3 is 2.43 bits per heavy atom. The summed E-state index contributed by atoms with van der Waals surface area (Å²) in [6.45, 7) is 5.04. The molecule has 0 bridgehead atoms. The molecule has 6 nitrogen and oxygen atoms in total. The third-order valence-electron chi connectivity index (χ3n) is 6.11. The van der Waals surface area contributed by atoms with Crippen LogP contribution in [0.15, 0.2) is 18.2 Å². The molecule has 0 N–H and O–H groups in total. The molecule has 1 heterocycles. The number of amides is 1. The number of hydrogen-bond acceptors (Lipinski definition) is 5. The summed E-state index contributed by atoms with van der Waals surface area (Å²) in [4.78, 5) is 30.7. The summed E-state index contributed by atoms with van der Waals surface area (Å²) in [5.41, 5.74) is 2.03. The van der Waals surface area contributed by atoms with Gasteiger partial charge in [0.15, 0.2) is 5.78 Å². The third-order valence-corrected chi connectivity index (χ3v) is 6.11. The SMILES string of the molecule is CC(=O)c1ccc(C#N)c(N2CCN(CC(=O)N(C)C3CCCCC3)CC2)c1. The van der Waals surface area contributed by atoms with E-state index in [1.165, 1.54) is 26.2 Å². The van der Waals surface area contributed by atoms with E-state index in [1.54, 1.807) is 12.1 Å². The van der Waals surface area contributed by atoms with Crippen LogP contribution >= 0.6 is 0 Å². The van der Waals surface area contributed by atoms with Gasteiger partial charge in [-0.25, -0.2) is 0 Å². The molecule has 0 aromatic heterocycles. The molecule has 150 valence electrons. The van der Waals surface area contributed by atoms with Crippen molar-refractivity contribution in [3.63, 3.8) is 0 Å². The van der Waals surface area contributed by atoms with Crippen molar-refractivity contribution < 1.29 is 9.59 Å². The summed E-state index contributed by atoms with van der Waals surface area (Å²) in [6.07, 6.45) is 5.98. The maximum absolute atomic E-state index is 12.7. The van der Waals surface area contributed by atoms with Gasteiger partial charge in [0.25, 0.3) is 0 Å². The fraction of sp³-hybridized carbons (Fsp3) is 0.591. The predicted molar refractivity (Wildman–Crippen MR) is 109 cm³/mol. The summed E-state index contributed by atoms with van der Waals surface area (Å²) >= 11 is 0. The number of nitriles is 1. The van der Waals surface area contributed by atoms with Crippen molar-refractivity contribution in [2.75, 3.05) is 44.7 Å². The quantitative estimate of drug-likeness (QED) is 0.733. The number of benzene rings is 1. The first-order valence-corrected chi connectivity index (χ1v) is 10.3. The van der Waals surface area contributed by atoms with E-state index in [2.05, 4.69) is 15.9 Å². The van der Waals surface area contributed by atoms with Gasteiger partial charge in [-0.05, 0) is 38.0 Å². The summed E-state index contributed by atoms with van der Waals surface area (Å²) in [5, 5.41) is 9.41. The Bertz CT molecular complexity index is 756. The summed E-state index contributed by atoms with van der Waals surface area (Å²) < 4.78 is 0. The number of piperazine rings is 1. The maximum atomic E-state index is 12.7. The molecule has 6 heteroatoms. The summed E-state index contributed by atoms with van der Waals surface area (Å²) in [5.74, 6) is 0.206. The number of nitrogens with zero attached hydrogens (tertiary/aromatic N) is 4. The lowest BCUT2D eigenvalue weighted by Gasteiger charge is -2.38. The van der Waals surface area contributed by atoms with Gasteiger partial charge in [0.1, 0.15) is 6.07 Å². The van der Waals surface area contributed by atoms with Gasteiger partial charge < -0.3 is 9.80 Å². The van der Waals surface area contributed by atoms with E-state index >= 15 is 0 Å². The molecule has 1 aliphatic heterocycles. The molecule has 0 atom stereocenters. The van der Waals surface area contributed by atoms with Gasteiger partial charge in [0, 0.05) is 44.8 Å². The fourth-order valence-corrected chi connectivity index (χ4v) is 4.23. The van der Waals surface area contributed by atoms with Crippen LogP contribution in [0.1, 0.15) is 54.9 Å². The van der Waals surface area contributed by atoms with E-state index in [-0.39, 0.29) is 11.7 Å². The lowest BCUT2D eigenvalue weighted by atomic mass is 9.94.